The van der Waals surface area contributed by atoms with Gasteiger partial charge in [-0.3, -0.25) is 19.2 Å². The van der Waals surface area contributed by atoms with Crippen molar-refractivity contribution in [2.24, 2.45) is 17.1 Å². The predicted octanol–water partition coefficient (Wildman–Crippen LogP) is -1.32. The molecule has 0 bridgehead atoms. The molecule has 0 aliphatic heterocycles. The Kier molecular flexibility index (Phi) is 7.49. The van der Waals surface area contributed by atoms with Gasteiger partial charge in [0.2, 0.25) is 17.6 Å². The third kappa shape index (κ3) is 3.95. The molecule has 3 aliphatic rings. The summed E-state index contributed by atoms with van der Waals surface area (Å²) < 4.78 is 0. The molecule has 1 aromatic rings. The molecule has 4 rings (SSSR count). The standard InChI is InChI=1S/C23H27N3O9.ClH/c24-21(34)22-7-11-5-10-1-2-13(26-15(30)9-25-3-4-27)18(31)16(10)19(32)17(11)20(33)23(22,35)14(29)6-12(28)8-22;/h1-2,11-12,25,27-28,31-32,35H,3-9H2,(H2,24,34)(H,26,30);1H. The molecule has 9 N–H and O–H groups in total. The second-order valence-corrected chi connectivity index (χ2v) is 9.28. The van der Waals surface area contributed by atoms with Crippen LogP contribution in [0.2, 0.25) is 0 Å². The fourth-order valence-electron chi connectivity index (χ4n) is 5.63. The molecule has 36 heavy (non-hydrogen) atoms. The summed E-state index contributed by atoms with van der Waals surface area (Å²) in [6, 6.07) is 2.94. The molecule has 0 radical (unpaired) electrons. The van der Waals surface area contributed by atoms with Crippen LogP contribution in [0, 0.1) is 11.3 Å². The molecule has 2 amide bonds. The molecule has 3 aliphatic carbocycles. The minimum Gasteiger partial charge on any atom is -0.507 e. The molecule has 0 heterocycles. The maximum atomic E-state index is 13.5. The molecule has 2 fully saturated rings. The number of aliphatic hydroxyl groups is 4. The van der Waals surface area contributed by atoms with Crippen LogP contribution in [0.4, 0.5) is 5.69 Å². The number of halogens is 1. The lowest BCUT2D eigenvalue weighted by Crippen LogP contribution is -2.71. The topological polar surface area (TPSA) is 220 Å². The maximum absolute atomic E-state index is 13.5. The van der Waals surface area contributed by atoms with Crippen molar-refractivity contribution in [1.29, 1.82) is 0 Å². The molecule has 196 valence electrons. The van der Waals surface area contributed by atoms with E-state index in [1.165, 1.54) is 12.1 Å². The van der Waals surface area contributed by atoms with E-state index in [1.54, 1.807) is 0 Å². The van der Waals surface area contributed by atoms with E-state index in [0.29, 0.717) is 5.56 Å². The van der Waals surface area contributed by atoms with E-state index in [-0.39, 0.29) is 68.2 Å². The Bertz CT molecular complexity index is 1170. The molecule has 0 aromatic heterocycles. The quantitative estimate of drug-likeness (QED) is 0.124. The summed E-state index contributed by atoms with van der Waals surface area (Å²) in [5.41, 5.74) is 0.598. The molecule has 0 spiro atoms. The maximum Gasteiger partial charge on any atom is 0.238 e. The van der Waals surface area contributed by atoms with E-state index in [9.17, 15) is 39.6 Å². The van der Waals surface area contributed by atoms with Crippen molar-refractivity contribution in [1.82, 2.24) is 5.32 Å². The Morgan fingerprint density at radius 1 is 1.14 bits per heavy atom. The fraction of sp³-hybridized carbons (Fsp3) is 0.478. The van der Waals surface area contributed by atoms with Gasteiger partial charge in [-0.15, -0.1) is 12.4 Å². The van der Waals surface area contributed by atoms with Crippen LogP contribution in [0.25, 0.3) is 5.76 Å². The molecule has 12 nitrogen and oxygen atoms in total. The molecular weight excluding hydrogens is 498 g/mol. The van der Waals surface area contributed by atoms with Crippen molar-refractivity contribution in [3.05, 3.63) is 28.8 Å². The summed E-state index contributed by atoms with van der Waals surface area (Å²) in [6.07, 6.45) is -2.40. The number of amides is 2. The number of carbonyl (C=O) groups excluding carboxylic acids is 4. The van der Waals surface area contributed by atoms with Gasteiger partial charge in [-0.25, -0.2) is 0 Å². The van der Waals surface area contributed by atoms with Crippen LogP contribution in [0.5, 0.6) is 5.75 Å². The van der Waals surface area contributed by atoms with Crippen LogP contribution in [-0.4, -0.2) is 80.3 Å². The van der Waals surface area contributed by atoms with E-state index in [2.05, 4.69) is 10.6 Å². The van der Waals surface area contributed by atoms with Crippen molar-refractivity contribution in [3.63, 3.8) is 0 Å². The van der Waals surface area contributed by atoms with Gasteiger partial charge in [0, 0.05) is 18.5 Å². The fourth-order valence-corrected chi connectivity index (χ4v) is 5.63. The summed E-state index contributed by atoms with van der Waals surface area (Å²) in [7, 11) is 0. The van der Waals surface area contributed by atoms with Gasteiger partial charge >= 0.3 is 0 Å². The number of nitrogens with two attached hydrogens (primary N) is 1. The number of anilines is 1. The molecule has 1 aromatic carbocycles. The zero-order valence-electron chi connectivity index (χ0n) is 19.1. The van der Waals surface area contributed by atoms with E-state index >= 15 is 0 Å². The van der Waals surface area contributed by atoms with E-state index in [1.807, 2.05) is 0 Å². The Hall–Kier alpha value is -3.03. The summed E-state index contributed by atoms with van der Waals surface area (Å²) in [4.78, 5) is 50.9. The van der Waals surface area contributed by atoms with Crippen molar-refractivity contribution in [2.75, 3.05) is 25.0 Å². The summed E-state index contributed by atoms with van der Waals surface area (Å²) in [5.74, 6) is -5.88. The van der Waals surface area contributed by atoms with Crippen LogP contribution in [0.15, 0.2) is 17.7 Å². The Balaban J connectivity index is 0.00000361. The van der Waals surface area contributed by atoms with E-state index < -0.39 is 64.3 Å². The molecule has 4 atom stereocenters. The number of primary amides is 1. The third-order valence-corrected chi connectivity index (χ3v) is 7.22. The summed E-state index contributed by atoms with van der Waals surface area (Å²) in [5, 5.41) is 57.3. The molecular formula is C23H28ClN3O9. The van der Waals surface area contributed by atoms with Crippen LogP contribution in [0.1, 0.15) is 30.4 Å². The van der Waals surface area contributed by atoms with Gasteiger partial charge in [-0.2, -0.15) is 0 Å². The second kappa shape index (κ2) is 9.79. The first kappa shape index (κ1) is 27.6. The number of hydrogen-bond donors (Lipinski definition) is 8. The highest BCUT2D eigenvalue weighted by Gasteiger charge is 2.70. The van der Waals surface area contributed by atoms with Crippen molar-refractivity contribution >= 4 is 47.2 Å². The smallest absolute Gasteiger partial charge is 0.238 e. The number of ketones is 2. The SMILES string of the molecule is Cl.NC(=O)C12CC(O)CC(=O)C1(O)C(=O)C1=C(O)c3c(ccc(NC(=O)CNCCO)c3O)CC1C2. The first-order valence-corrected chi connectivity index (χ1v) is 11.2. The van der Waals surface area contributed by atoms with Gasteiger partial charge in [0.1, 0.15) is 11.5 Å². The van der Waals surface area contributed by atoms with Crippen molar-refractivity contribution < 1.29 is 44.7 Å². The van der Waals surface area contributed by atoms with Crippen LogP contribution >= 0.6 is 12.4 Å². The number of carbonyl (C=O) groups is 4. The number of Topliss-reactive ketones (excluding diaryl/α,β-unsaturated/α-hetero) is 2. The Labute approximate surface area is 211 Å². The number of hydrogen-bond acceptors (Lipinski definition) is 10. The van der Waals surface area contributed by atoms with Gasteiger partial charge in [-0.1, -0.05) is 6.07 Å². The highest BCUT2D eigenvalue weighted by Crippen LogP contribution is 2.57. The van der Waals surface area contributed by atoms with E-state index in [0.717, 1.165) is 0 Å². The lowest BCUT2D eigenvalue weighted by Gasteiger charge is -2.53. The highest BCUT2D eigenvalue weighted by molar-refractivity contribution is 6.24. The van der Waals surface area contributed by atoms with Crippen molar-refractivity contribution in [2.45, 2.75) is 37.4 Å². The molecule has 2 saturated carbocycles. The van der Waals surface area contributed by atoms with Crippen LogP contribution in [-0.2, 0) is 25.6 Å². The molecule has 4 unspecified atom stereocenters. The highest BCUT2D eigenvalue weighted by atomic mass is 35.5. The number of aromatic hydroxyl groups is 1. The average Bonchev–Trinajstić information content (AvgIpc) is 2.78. The molecule has 0 saturated heterocycles. The van der Waals surface area contributed by atoms with Gasteiger partial charge in [0.25, 0.3) is 0 Å². The number of benzene rings is 1. The predicted molar refractivity (Wildman–Crippen MR) is 127 cm³/mol. The number of phenols is 1. The van der Waals surface area contributed by atoms with Gasteiger partial charge in [-0.05, 0) is 36.8 Å². The Morgan fingerprint density at radius 2 is 1.83 bits per heavy atom. The zero-order valence-corrected chi connectivity index (χ0v) is 19.9. The number of nitrogens with one attached hydrogen (secondary N) is 2. The first-order valence-electron chi connectivity index (χ1n) is 11.2. The average molecular weight is 526 g/mol. The Morgan fingerprint density at radius 3 is 2.47 bits per heavy atom. The number of aliphatic hydroxyl groups excluding tert-OH is 3. The monoisotopic (exact) mass is 525 g/mol. The minimum absolute atomic E-state index is 0. The summed E-state index contributed by atoms with van der Waals surface area (Å²) >= 11 is 0. The van der Waals surface area contributed by atoms with Gasteiger partial charge < -0.3 is 41.9 Å². The normalized spacial score (nSPS) is 29.0. The zero-order chi connectivity index (χ0) is 25.7. The lowest BCUT2D eigenvalue weighted by molar-refractivity contribution is -0.188. The van der Waals surface area contributed by atoms with Crippen LogP contribution < -0.4 is 16.4 Å². The van der Waals surface area contributed by atoms with E-state index in [4.69, 9.17) is 10.8 Å². The van der Waals surface area contributed by atoms with Crippen molar-refractivity contribution in [3.8, 4) is 5.75 Å². The third-order valence-electron chi connectivity index (χ3n) is 7.22. The number of phenolic OH excluding ortho intramolecular Hbond substituents is 1. The number of fused-ring (bicyclic) bond motifs is 3. The lowest BCUT2D eigenvalue weighted by atomic mass is 9.50. The largest absolute Gasteiger partial charge is 0.507 e. The first-order chi connectivity index (χ1) is 16.5. The second-order valence-electron chi connectivity index (χ2n) is 9.28. The summed E-state index contributed by atoms with van der Waals surface area (Å²) in [6.45, 7) is -0.134. The van der Waals surface area contributed by atoms with Gasteiger partial charge in [0.15, 0.2) is 11.4 Å². The molecule has 13 heteroatoms. The van der Waals surface area contributed by atoms with Gasteiger partial charge in [0.05, 0.1) is 35.9 Å². The minimum atomic E-state index is -2.85. The number of rotatable bonds is 6. The van der Waals surface area contributed by atoms with Crippen LogP contribution in [0.3, 0.4) is 0 Å².